The van der Waals surface area contributed by atoms with Crippen LogP contribution in [0.1, 0.15) is 0 Å². The van der Waals surface area contributed by atoms with E-state index >= 15 is 0 Å². The normalized spacial score (nSPS) is 11.8. The topological polar surface area (TPSA) is 94.3 Å². The molecule has 0 bridgehead atoms. The third-order valence-corrected chi connectivity index (χ3v) is 5.91. The Bertz CT molecular complexity index is 1620. The maximum atomic E-state index is 13.0. The molecule has 0 aliphatic carbocycles. The molecule has 1 heterocycles. The van der Waals surface area contributed by atoms with E-state index in [0.717, 1.165) is 11.3 Å². The highest BCUT2D eigenvalue weighted by Crippen LogP contribution is 2.29. The largest absolute Gasteiger partial charge is 0.399 e. The van der Waals surface area contributed by atoms with E-state index in [2.05, 4.69) is 0 Å². The zero-order chi connectivity index (χ0) is 18.2. The number of nitrogen functional groups attached to an aromatic ring is 1. The molecule has 26 heavy (non-hydrogen) atoms. The molecule has 0 radical (unpaired) electrons. The van der Waals surface area contributed by atoms with Crippen LogP contribution in [0.15, 0.2) is 61.6 Å². The van der Waals surface area contributed by atoms with Crippen LogP contribution in [0.3, 0.4) is 0 Å². The molecule has 4 aromatic carbocycles. The van der Waals surface area contributed by atoms with Crippen molar-refractivity contribution in [3.05, 3.63) is 83.4 Å². The van der Waals surface area contributed by atoms with Crippen LogP contribution in [0.2, 0.25) is 0 Å². The molecule has 5 rings (SSSR count). The van der Waals surface area contributed by atoms with Crippen LogP contribution in [-0.4, -0.2) is 0 Å². The van der Waals surface area contributed by atoms with Gasteiger partial charge in [0.2, 0.25) is 10.9 Å². The molecule has 0 amide bonds. The standard InChI is InChI=1S/C20H9NO4S/c21-8-5-6-11-12(7-8)18(25)20-14(16(11)23)13-15(22)9-3-1-2-4-10(9)17(24)19(13)26-20/h1-7H,21H2. The Morgan fingerprint density at radius 1 is 0.615 bits per heavy atom. The van der Waals surface area contributed by atoms with E-state index in [1.165, 1.54) is 18.2 Å². The van der Waals surface area contributed by atoms with Crippen molar-refractivity contribution in [2.45, 2.75) is 0 Å². The minimum Gasteiger partial charge on any atom is -0.399 e. The van der Waals surface area contributed by atoms with Crippen LogP contribution in [0.4, 0.5) is 5.69 Å². The molecule has 1 aromatic heterocycles. The maximum Gasteiger partial charge on any atom is 0.204 e. The van der Waals surface area contributed by atoms with Crippen LogP contribution < -0.4 is 27.4 Å². The third-order valence-electron chi connectivity index (χ3n) is 4.72. The molecule has 0 unspecified atom stereocenters. The molecule has 5 nitrogen and oxygen atoms in total. The first-order chi connectivity index (χ1) is 12.5. The number of nitrogens with two attached hydrogens (primary N) is 1. The summed E-state index contributed by atoms with van der Waals surface area (Å²) in [6, 6.07) is 11.0. The second-order valence-corrected chi connectivity index (χ2v) is 7.20. The van der Waals surface area contributed by atoms with Crippen molar-refractivity contribution in [3.8, 4) is 0 Å². The number of hydrogen-bond donors (Lipinski definition) is 1. The smallest absolute Gasteiger partial charge is 0.204 e. The summed E-state index contributed by atoms with van der Waals surface area (Å²) in [6.45, 7) is 0. The summed E-state index contributed by atoms with van der Waals surface area (Å²) in [5.41, 5.74) is 4.57. The Balaban J connectivity index is 2.23. The Kier molecular flexibility index (Phi) is 2.77. The molecular weight excluding hydrogens is 350 g/mol. The minimum atomic E-state index is -0.423. The summed E-state index contributed by atoms with van der Waals surface area (Å²) < 4.78 is 0.286. The van der Waals surface area contributed by atoms with Crippen LogP contribution in [0.5, 0.6) is 0 Å². The summed E-state index contributed by atoms with van der Waals surface area (Å²) in [7, 11) is 0. The van der Waals surface area contributed by atoms with Crippen molar-refractivity contribution in [3.63, 3.8) is 0 Å². The fourth-order valence-corrected chi connectivity index (χ4v) is 4.73. The molecule has 124 valence electrons. The van der Waals surface area contributed by atoms with E-state index in [-0.39, 0.29) is 47.2 Å². The highest BCUT2D eigenvalue weighted by Gasteiger charge is 2.21. The number of fused-ring (bicyclic) bond motifs is 5. The molecule has 0 fully saturated rings. The van der Waals surface area contributed by atoms with Gasteiger partial charge in [0.1, 0.15) is 0 Å². The van der Waals surface area contributed by atoms with Crippen LogP contribution in [0.25, 0.3) is 41.7 Å². The number of rotatable bonds is 0. The Morgan fingerprint density at radius 2 is 1.12 bits per heavy atom. The van der Waals surface area contributed by atoms with Gasteiger partial charge in [-0.2, -0.15) is 0 Å². The van der Waals surface area contributed by atoms with Gasteiger partial charge in [-0.3, -0.25) is 19.2 Å². The summed E-state index contributed by atoms with van der Waals surface area (Å²) in [5.74, 6) is 0. The first-order valence-corrected chi connectivity index (χ1v) is 8.65. The number of thiophene rings is 1. The van der Waals surface area contributed by atoms with Gasteiger partial charge < -0.3 is 5.73 Å². The monoisotopic (exact) mass is 359 g/mol. The zero-order valence-corrected chi connectivity index (χ0v) is 14.0. The van der Waals surface area contributed by atoms with E-state index < -0.39 is 10.9 Å². The van der Waals surface area contributed by atoms with Gasteiger partial charge in [-0.05, 0) is 18.2 Å². The lowest BCUT2D eigenvalue weighted by Crippen LogP contribution is -2.15. The molecule has 0 atom stereocenters. The highest BCUT2D eigenvalue weighted by molar-refractivity contribution is 7.25. The molecular formula is C20H9NO4S. The molecule has 0 aliphatic heterocycles. The lowest BCUT2D eigenvalue weighted by Gasteiger charge is -1.99. The molecule has 0 spiro atoms. The molecule has 0 saturated carbocycles. The van der Waals surface area contributed by atoms with Crippen molar-refractivity contribution in [1.82, 2.24) is 0 Å². The predicted molar refractivity (Wildman–Crippen MR) is 106 cm³/mol. The van der Waals surface area contributed by atoms with Gasteiger partial charge in [0, 0.05) is 27.2 Å². The first kappa shape index (κ1) is 14.9. The van der Waals surface area contributed by atoms with Crippen LogP contribution in [-0.2, 0) is 0 Å². The van der Waals surface area contributed by atoms with Crippen molar-refractivity contribution in [2.75, 3.05) is 5.73 Å². The Hall–Kier alpha value is -3.38. The van der Waals surface area contributed by atoms with E-state index in [1.54, 1.807) is 24.3 Å². The summed E-state index contributed by atoms with van der Waals surface area (Å²) in [4.78, 5) is 51.7. The van der Waals surface area contributed by atoms with Crippen molar-refractivity contribution >= 4 is 58.7 Å². The maximum absolute atomic E-state index is 13.0. The fraction of sp³-hybridized carbons (Fsp3) is 0. The quantitative estimate of drug-likeness (QED) is 0.428. The lowest BCUT2D eigenvalue weighted by atomic mass is 10.0. The van der Waals surface area contributed by atoms with Gasteiger partial charge in [0.25, 0.3) is 0 Å². The molecule has 0 saturated heterocycles. The highest BCUT2D eigenvalue weighted by atomic mass is 32.1. The minimum absolute atomic E-state index is 0.0418. The van der Waals surface area contributed by atoms with Gasteiger partial charge in [-0.1, -0.05) is 24.3 Å². The number of anilines is 1. The summed E-state index contributed by atoms with van der Waals surface area (Å²) in [5, 5.41) is 1.06. The fourth-order valence-electron chi connectivity index (χ4n) is 3.53. The number of benzene rings is 4. The Morgan fingerprint density at radius 3 is 1.73 bits per heavy atom. The summed E-state index contributed by atoms with van der Waals surface area (Å²) in [6.07, 6.45) is 0. The van der Waals surface area contributed by atoms with E-state index in [4.69, 9.17) is 5.73 Å². The lowest BCUT2D eigenvalue weighted by molar-refractivity contribution is 1.68. The molecule has 2 N–H and O–H groups in total. The average Bonchev–Trinajstić information content (AvgIpc) is 3.05. The third kappa shape index (κ3) is 1.69. The van der Waals surface area contributed by atoms with Gasteiger partial charge in [-0.25, -0.2) is 0 Å². The van der Waals surface area contributed by atoms with E-state index in [9.17, 15) is 19.2 Å². The van der Waals surface area contributed by atoms with Crippen LogP contribution in [0, 0.1) is 0 Å². The first-order valence-electron chi connectivity index (χ1n) is 7.83. The van der Waals surface area contributed by atoms with Gasteiger partial charge >= 0.3 is 0 Å². The van der Waals surface area contributed by atoms with Gasteiger partial charge in [0.05, 0.1) is 20.2 Å². The van der Waals surface area contributed by atoms with E-state index in [1.807, 2.05) is 0 Å². The second kappa shape index (κ2) is 4.83. The zero-order valence-electron chi connectivity index (χ0n) is 13.2. The molecule has 6 heteroatoms. The van der Waals surface area contributed by atoms with Crippen molar-refractivity contribution in [2.24, 2.45) is 0 Å². The van der Waals surface area contributed by atoms with Crippen molar-refractivity contribution < 1.29 is 0 Å². The SMILES string of the molecule is Nc1ccc2c(=O)c3c(sc4c(=O)c5ccccc5c(=O)c43)c(=O)c2c1. The second-order valence-electron chi connectivity index (χ2n) is 6.18. The number of hydrogen-bond acceptors (Lipinski definition) is 6. The van der Waals surface area contributed by atoms with Crippen molar-refractivity contribution in [1.29, 1.82) is 0 Å². The Labute approximate surface area is 148 Å². The summed E-state index contributed by atoms with van der Waals surface area (Å²) >= 11 is 0.913. The van der Waals surface area contributed by atoms with E-state index in [0.29, 0.717) is 11.1 Å². The van der Waals surface area contributed by atoms with Gasteiger partial charge in [-0.15, -0.1) is 11.3 Å². The molecule has 0 aliphatic rings. The van der Waals surface area contributed by atoms with Gasteiger partial charge in [0.15, 0.2) is 10.9 Å². The predicted octanol–water partition coefficient (Wildman–Crippen LogP) is 2.26. The average molecular weight is 359 g/mol. The van der Waals surface area contributed by atoms with Crippen LogP contribution >= 0.6 is 11.3 Å². The molecule has 5 aromatic rings.